The smallest absolute Gasteiger partial charge is 0.0131 e. The number of benzene rings is 1. The fraction of sp³-hybridized carbons (Fsp3) is 0.769. The van der Waals surface area contributed by atoms with Crippen LogP contribution in [0.4, 0.5) is 0 Å². The fourth-order valence-corrected chi connectivity index (χ4v) is 4.00. The van der Waals surface area contributed by atoms with Crippen molar-refractivity contribution in [3.05, 3.63) is 35.9 Å². The van der Waals surface area contributed by atoms with Gasteiger partial charge in [-0.05, 0) is 12.0 Å². The molecule has 0 aliphatic rings. The Morgan fingerprint density at radius 2 is 1.07 bits per heavy atom. The second-order valence-corrected chi connectivity index (χ2v) is 9.08. The molecule has 0 fully saturated rings. The maximum Gasteiger partial charge on any atom is 0.0131 e. The van der Waals surface area contributed by atoms with Crippen molar-refractivity contribution < 1.29 is 0 Å². The molecule has 0 heterocycles. The molecular weight excluding hydrogens is 326 g/mol. The molecule has 0 aliphatic heterocycles. The highest BCUT2D eigenvalue weighted by Gasteiger charge is 2.27. The molecule has 0 spiro atoms. The molecule has 1 aromatic rings. The maximum atomic E-state index is 6.53. The van der Waals surface area contributed by atoms with Gasteiger partial charge in [0.25, 0.3) is 0 Å². The van der Waals surface area contributed by atoms with E-state index in [2.05, 4.69) is 51.1 Å². The van der Waals surface area contributed by atoms with Crippen molar-refractivity contribution in [3.8, 4) is 0 Å². The number of unbranched alkanes of at least 4 members (excludes halogenated alkanes) is 13. The van der Waals surface area contributed by atoms with E-state index < -0.39 is 0 Å². The molecule has 1 nitrogen and oxygen atoms in total. The van der Waals surface area contributed by atoms with E-state index in [0.29, 0.717) is 0 Å². The lowest BCUT2D eigenvalue weighted by molar-refractivity contribution is 0.375. The molecule has 1 atom stereocenters. The third-order valence-electron chi connectivity index (χ3n) is 6.31. The van der Waals surface area contributed by atoms with Gasteiger partial charge in [-0.15, -0.1) is 0 Å². The Labute approximate surface area is 170 Å². The van der Waals surface area contributed by atoms with Gasteiger partial charge in [-0.25, -0.2) is 0 Å². The van der Waals surface area contributed by atoms with Crippen molar-refractivity contribution in [3.63, 3.8) is 0 Å². The van der Waals surface area contributed by atoms with Crippen LogP contribution in [0.1, 0.15) is 123 Å². The average molecular weight is 374 g/mol. The molecule has 0 saturated carbocycles. The highest BCUT2D eigenvalue weighted by atomic mass is 14.7. The van der Waals surface area contributed by atoms with E-state index in [-0.39, 0.29) is 11.5 Å². The Bertz CT molecular complexity index is 437. The standard InChI is InChI=1S/C26H47N/c1-4-5-6-7-8-9-10-11-12-13-14-15-16-20-23-25(27)26(2,3)24-21-18-17-19-22-24/h17-19,21-22,25H,4-16,20,23,27H2,1-3H3. The van der Waals surface area contributed by atoms with E-state index in [1.54, 1.807) is 0 Å². The fourth-order valence-electron chi connectivity index (χ4n) is 4.00. The summed E-state index contributed by atoms with van der Waals surface area (Å²) in [5, 5.41) is 0. The number of hydrogen-bond acceptors (Lipinski definition) is 1. The molecule has 156 valence electrons. The van der Waals surface area contributed by atoms with E-state index in [9.17, 15) is 0 Å². The van der Waals surface area contributed by atoms with Crippen LogP contribution < -0.4 is 5.73 Å². The second-order valence-electron chi connectivity index (χ2n) is 9.08. The molecule has 0 aliphatic carbocycles. The quantitative estimate of drug-likeness (QED) is 0.274. The van der Waals surface area contributed by atoms with Gasteiger partial charge >= 0.3 is 0 Å². The third kappa shape index (κ3) is 10.9. The maximum absolute atomic E-state index is 6.53. The highest BCUT2D eigenvalue weighted by molar-refractivity contribution is 5.25. The van der Waals surface area contributed by atoms with Crippen LogP contribution in [0.15, 0.2) is 30.3 Å². The summed E-state index contributed by atoms with van der Waals surface area (Å²) in [4.78, 5) is 0. The van der Waals surface area contributed by atoms with E-state index in [4.69, 9.17) is 5.73 Å². The van der Waals surface area contributed by atoms with Crippen LogP contribution in [-0.4, -0.2) is 6.04 Å². The molecule has 1 unspecified atom stereocenters. The summed E-state index contributed by atoms with van der Waals surface area (Å²) in [6.07, 6.45) is 20.9. The minimum atomic E-state index is 0.0673. The Morgan fingerprint density at radius 1 is 0.667 bits per heavy atom. The first-order valence-corrected chi connectivity index (χ1v) is 11.9. The van der Waals surface area contributed by atoms with Crippen molar-refractivity contribution in [1.82, 2.24) is 0 Å². The Kier molecular flexibility index (Phi) is 13.6. The average Bonchev–Trinajstić information content (AvgIpc) is 2.68. The Balaban J connectivity index is 1.94. The molecule has 27 heavy (non-hydrogen) atoms. The summed E-state index contributed by atoms with van der Waals surface area (Å²) in [5.74, 6) is 0. The third-order valence-corrected chi connectivity index (χ3v) is 6.31. The van der Waals surface area contributed by atoms with Gasteiger partial charge in [-0.2, -0.15) is 0 Å². The van der Waals surface area contributed by atoms with E-state index in [1.165, 1.54) is 95.5 Å². The first-order valence-electron chi connectivity index (χ1n) is 11.9. The lowest BCUT2D eigenvalue weighted by Gasteiger charge is -2.32. The second kappa shape index (κ2) is 15.1. The summed E-state index contributed by atoms with van der Waals surface area (Å²) in [5.41, 5.74) is 7.96. The Hall–Kier alpha value is -0.820. The molecule has 1 aromatic carbocycles. The highest BCUT2D eigenvalue weighted by Crippen LogP contribution is 2.28. The van der Waals surface area contributed by atoms with Crippen molar-refractivity contribution in [2.45, 2.75) is 129 Å². The molecule has 0 aromatic heterocycles. The normalized spacial score (nSPS) is 13.0. The molecule has 0 radical (unpaired) electrons. The molecule has 0 bridgehead atoms. The van der Waals surface area contributed by atoms with Gasteiger partial charge < -0.3 is 5.73 Å². The van der Waals surface area contributed by atoms with Crippen molar-refractivity contribution in [2.24, 2.45) is 5.73 Å². The largest absolute Gasteiger partial charge is 0.327 e. The van der Waals surface area contributed by atoms with Gasteiger partial charge in [0.1, 0.15) is 0 Å². The lowest BCUT2D eigenvalue weighted by atomic mass is 9.76. The van der Waals surface area contributed by atoms with Crippen LogP contribution in [0.3, 0.4) is 0 Å². The van der Waals surface area contributed by atoms with Crippen LogP contribution in [0.2, 0.25) is 0 Å². The van der Waals surface area contributed by atoms with Crippen molar-refractivity contribution in [2.75, 3.05) is 0 Å². The predicted molar refractivity (Wildman–Crippen MR) is 122 cm³/mol. The van der Waals surface area contributed by atoms with Gasteiger partial charge in [0, 0.05) is 11.5 Å². The Morgan fingerprint density at radius 3 is 1.52 bits per heavy atom. The van der Waals surface area contributed by atoms with Gasteiger partial charge in [0.15, 0.2) is 0 Å². The molecule has 1 rings (SSSR count). The summed E-state index contributed by atoms with van der Waals surface area (Å²) in [6.45, 7) is 6.87. The first-order chi connectivity index (χ1) is 13.1. The number of nitrogens with two attached hydrogens (primary N) is 1. The summed E-state index contributed by atoms with van der Waals surface area (Å²) < 4.78 is 0. The zero-order valence-electron chi connectivity index (χ0n) is 18.6. The first kappa shape index (κ1) is 24.2. The predicted octanol–water partition coefficient (Wildman–Crippen LogP) is 8.16. The van der Waals surface area contributed by atoms with E-state index in [0.717, 1.165) is 6.42 Å². The van der Waals surface area contributed by atoms with Gasteiger partial charge in [-0.1, -0.05) is 141 Å². The van der Waals surface area contributed by atoms with Crippen molar-refractivity contribution >= 4 is 0 Å². The lowest BCUT2D eigenvalue weighted by Crippen LogP contribution is -2.40. The number of rotatable bonds is 17. The molecular formula is C26H47N. The minimum absolute atomic E-state index is 0.0673. The van der Waals surface area contributed by atoms with Gasteiger partial charge in [-0.3, -0.25) is 0 Å². The molecule has 0 amide bonds. The van der Waals surface area contributed by atoms with Crippen molar-refractivity contribution in [1.29, 1.82) is 0 Å². The monoisotopic (exact) mass is 373 g/mol. The molecule has 0 saturated heterocycles. The van der Waals surface area contributed by atoms with Gasteiger partial charge in [0.05, 0.1) is 0 Å². The SMILES string of the molecule is CCCCCCCCCCCCCCCCC(N)C(C)(C)c1ccccc1. The van der Waals surface area contributed by atoms with E-state index >= 15 is 0 Å². The zero-order valence-corrected chi connectivity index (χ0v) is 18.6. The van der Waals surface area contributed by atoms with E-state index in [1.807, 2.05) is 0 Å². The summed E-state index contributed by atoms with van der Waals surface area (Å²) in [7, 11) is 0. The van der Waals surface area contributed by atoms with Crippen LogP contribution in [0.5, 0.6) is 0 Å². The number of hydrogen-bond donors (Lipinski definition) is 1. The summed E-state index contributed by atoms with van der Waals surface area (Å²) >= 11 is 0. The van der Waals surface area contributed by atoms with Crippen LogP contribution in [-0.2, 0) is 5.41 Å². The van der Waals surface area contributed by atoms with Crippen LogP contribution in [0, 0.1) is 0 Å². The van der Waals surface area contributed by atoms with Crippen LogP contribution >= 0.6 is 0 Å². The van der Waals surface area contributed by atoms with Crippen LogP contribution in [0.25, 0.3) is 0 Å². The molecule has 2 N–H and O–H groups in total. The zero-order chi connectivity index (χ0) is 19.8. The minimum Gasteiger partial charge on any atom is -0.327 e. The topological polar surface area (TPSA) is 26.0 Å². The summed E-state index contributed by atoms with van der Waals surface area (Å²) in [6, 6.07) is 11.0. The van der Waals surface area contributed by atoms with Gasteiger partial charge in [0.2, 0.25) is 0 Å². The molecule has 1 heteroatoms.